The predicted octanol–water partition coefficient (Wildman–Crippen LogP) is 3.56. The molecule has 4 heterocycles. The molecule has 1 atom stereocenters. The number of ether oxygens (including phenoxy) is 2. The van der Waals surface area contributed by atoms with E-state index in [0.29, 0.717) is 34.8 Å². The second-order valence-electron chi connectivity index (χ2n) is 8.01. The molecule has 1 saturated heterocycles. The Morgan fingerprint density at radius 1 is 1.24 bits per heavy atom. The summed E-state index contributed by atoms with van der Waals surface area (Å²) in [5, 5.41) is 5.48. The van der Waals surface area contributed by atoms with Crippen LogP contribution < -0.4 is 20.1 Å². The number of benzene rings is 1. The summed E-state index contributed by atoms with van der Waals surface area (Å²) in [6.45, 7) is 0.292. The van der Waals surface area contributed by atoms with E-state index in [2.05, 4.69) is 24.7 Å². The summed E-state index contributed by atoms with van der Waals surface area (Å²) in [5.41, 5.74) is 8.86. The molecule has 5 rings (SSSR count). The lowest BCUT2D eigenvalue weighted by Gasteiger charge is -2.33. The number of pyridine rings is 1. The summed E-state index contributed by atoms with van der Waals surface area (Å²) in [4.78, 5) is 15.5. The molecule has 0 aliphatic carbocycles. The van der Waals surface area contributed by atoms with Crippen molar-refractivity contribution in [3.8, 4) is 11.6 Å². The number of nitrogens with zero attached hydrogens (tertiary/aromatic N) is 6. The second kappa shape index (κ2) is 8.30. The van der Waals surface area contributed by atoms with Gasteiger partial charge in [0.05, 0.1) is 19.0 Å². The highest BCUT2D eigenvalue weighted by Gasteiger charge is 2.27. The van der Waals surface area contributed by atoms with Crippen LogP contribution in [0.1, 0.15) is 30.1 Å². The first-order valence-electron chi connectivity index (χ1n) is 10.6. The lowest BCUT2D eigenvalue weighted by molar-refractivity contribution is -0.0533. The first-order valence-corrected chi connectivity index (χ1v) is 10.6. The Labute approximate surface area is 188 Å². The average molecular weight is 455 g/mol. The number of piperidine rings is 1. The quantitative estimate of drug-likeness (QED) is 0.487. The summed E-state index contributed by atoms with van der Waals surface area (Å²) < 4.78 is 36.5. The van der Waals surface area contributed by atoms with Gasteiger partial charge in [-0.3, -0.25) is 0 Å². The molecule has 1 aliphatic heterocycles. The van der Waals surface area contributed by atoms with Crippen LogP contribution >= 0.6 is 0 Å². The van der Waals surface area contributed by atoms with Gasteiger partial charge in [0, 0.05) is 30.0 Å². The molecular formula is C22H23F2N7O2. The molecule has 4 aromatic rings. The summed E-state index contributed by atoms with van der Waals surface area (Å²) in [6.07, 6.45) is 3.41. The topological polar surface area (TPSA) is 104 Å². The Balaban J connectivity index is 1.46. The van der Waals surface area contributed by atoms with Crippen LogP contribution in [0, 0.1) is 6.92 Å². The Kier molecular flexibility index (Phi) is 5.31. The molecule has 1 aliphatic rings. The Morgan fingerprint density at radius 2 is 2.09 bits per heavy atom. The van der Waals surface area contributed by atoms with Gasteiger partial charge in [-0.2, -0.15) is 13.3 Å². The van der Waals surface area contributed by atoms with Crippen molar-refractivity contribution in [3.05, 3.63) is 41.9 Å². The van der Waals surface area contributed by atoms with Crippen LogP contribution in [0.3, 0.4) is 0 Å². The number of hydrogen-bond acceptors (Lipinski definition) is 8. The zero-order valence-electron chi connectivity index (χ0n) is 18.2. The molecule has 0 radical (unpaired) electrons. The molecule has 0 spiro atoms. The summed E-state index contributed by atoms with van der Waals surface area (Å²) in [6, 6.07) is 7.44. The molecule has 0 amide bonds. The van der Waals surface area contributed by atoms with Gasteiger partial charge in [0.15, 0.2) is 11.5 Å². The van der Waals surface area contributed by atoms with E-state index in [1.165, 1.54) is 0 Å². The maximum absolute atomic E-state index is 12.5. The van der Waals surface area contributed by atoms with Gasteiger partial charge in [0.25, 0.3) is 0 Å². The van der Waals surface area contributed by atoms with Crippen LogP contribution in [0.2, 0.25) is 0 Å². The van der Waals surface area contributed by atoms with E-state index < -0.39 is 6.61 Å². The second-order valence-corrected chi connectivity index (χ2v) is 8.01. The van der Waals surface area contributed by atoms with Crippen molar-refractivity contribution in [2.45, 2.75) is 32.3 Å². The van der Waals surface area contributed by atoms with Gasteiger partial charge in [0.2, 0.25) is 11.8 Å². The highest BCUT2D eigenvalue weighted by molar-refractivity contribution is 5.95. The molecule has 1 aromatic carbocycles. The van der Waals surface area contributed by atoms with E-state index in [-0.39, 0.29) is 17.7 Å². The number of nitrogen functional groups attached to an aromatic ring is 1. The number of nitrogens with two attached hydrogens (primary N) is 1. The fraction of sp³-hybridized carbons (Fsp3) is 0.364. The lowest BCUT2D eigenvalue weighted by Crippen LogP contribution is -2.35. The number of rotatable bonds is 5. The molecule has 3 aromatic heterocycles. The number of aromatic nitrogens is 5. The predicted molar refractivity (Wildman–Crippen MR) is 119 cm³/mol. The standard InChI is InChI=1S/C22H23F2N7O2/c1-12-9-14(10-26-20(12)33-21(23)24)30-8-4-5-13(11-30)18-28-19-15-6-3-7-16(32-2)17(15)27-22(25)31(19)29-18/h3,6-7,9-10,13,21H,4-5,8,11H2,1-2H3,(H2,25,27)/t13-/m1/s1. The number of anilines is 2. The largest absolute Gasteiger partial charge is 0.494 e. The van der Waals surface area contributed by atoms with Crippen molar-refractivity contribution < 1.29 is 18.3 Å². The molecule has 1 fully saturated rings. The smallest absolute Gasteiger partial charge is 0.388 e. The number of hydrogen-bond donors (Lipinski definition) is 1. The minimum atomic E-state index is -2.90. The monoisotopic (exact) mass is 455 g/mol. The molecule has 0 saturated carbocycles. The van der Waals surface area contributed by atoms with Gasteiger partial charge in [0.1, 0.15) is 11.3 Å². The van der Waals surface area contributed by atoms with E-state index in [1.807, 2.05) is 24.3 Å². The highest BCUT2D eigenvalue weighted by Crippen LogP contribution is 2.32. The van der Waals surface area contributed by atoms with Crippen LogP contribution in [0.25, 0.3) is 16.6 Å². The van der Waals surface area contributed by atoms with E-state index >= 15 is 0 Å². The van der Waals surface area contributed by atoms with Crippen molar-refractivity contribution in [3.63, 3.8) is 0 Å². The van der Waals surface area contributed by atoms with E-state index in [1.54, 1.807) is 24.7 Å². The third-order valence-electron chi connectivity index (χ3n) is 5.89. The molecular weight excluding hydrogens is 432 g/mol. The van der Waals surface area contributed by atoms with Gasteiger partial charge in [-0.15, -0.1) is 5.10 Å². The highest BCUT2D eigenvalue weighted by atomic mass is 19.3. The molecule has 0 bridgehead atoms. The number of aryl methyl sites for hydroxylation is 1. The van der Waals surface area contributed by atoms with Crippen LogP contribution in [-0.2, 0) is 0 Å². The summed E-state index contributed by atoms with van der Waals surface area (Å²) >= 11 is 0. The van der Waals surface area contributed by atoms with Crippen molar-refractivity contribution in [1.82, 2.24) is 24.6 Å². The van der Waals surface area contributed by atoms with E-state index in [0.717, 1.165) is 30.5 Å². The Morgan fingerprint density at radius 3 is 2.85 bits per heavy atom. The van der Waals surface area contributed by atoms with Gasteiger partial charge in [-0.25, -0.2) is 15.0 Å². The maximum Gasteiger partial charge on any atom is 0.388 e. The van der Waals surface area contributed by atoms with Crippen LogP contribution in [0.5, 0.6) is 11.6 Å². The zero-order chi connectivity index (χ0) is 23.1. The Bertz CT molecular complexity index is 1330. The first kappa shape index (κ1) is 21.1. The number of methoxy groups -OCH3 is 1. The number of para-hydroxylation sites is 1. The lowest BCUT2D eigenvalue weighted by atomic mass is 9.97. The van der Waals surface area contributed by atoms with Crippen LogP contribution in [-0.4, -0.2) is 51.4 Å². The molecule has 33 heavy (non-hydrogen) atoms. The van der Waals surface area contributed by atoms with Crippen molar-refractivity contribution in [2.75, 3.05) is 30.8 Å². The Hall–Kier alpha value is -3.76. The minimum absolute atomic E-state index is 0.0605. The van der Waals surface area contributed by atoms with Gasteiger partial charge >= 0.3 is 6.61 Å². The van der Waals surface area contributed by atoms with Crippen molar-refractivity contribution in [1.29, 1.82) is 0 Å². The van der Waals surface area contributed by atoms with Gasteiger partial charge in [-0.1, -0.05) is 6.07 Å². The van der Waals surface area contributed by atoms with Gasteiger partial charge < -0.3 is 20.1 Å². The van der Waals surface area contributed by atoms with E-state index in [4.69, 9.17) is 15.5 Å². The molecule has 9 nitrogen and oxygen atoms in total. The third-order valence-corrected chi connectivity index (χ3v) is 5.89. The molecule has 2 N–H and O–H groups in total. The summed E-state index contributed by atoms with van der Waals surface area (Å²) in [5.74, 6) is 1.55. The maximum atomic E-state index is 12.5. The SMILES string of the molecule is COc1cccc2c1nc(N)n1nc([C@@H]3CCCN(c4cnc(OC(F)F)c(C)c4)C3)nc21. The van der Waals surface area contributed by atoms with E-state index in [9.17, 15) is 8.78 Å². The molecule has 11 heteroatoms. The normalized spacial score (nSPS) is 16.6. The van der Waals surface area contributed by atoms with Gasteiger partial charge in [-0.05, 0) is 38.0 Å². The number of fused-ring (bicyclic) bond motifs is 3. The fourth-order valence-electron chi connectivity index (χ4n) is 4.33. The van der Waals surface area contributed by atoms with Crippen molar-refractivity contribution >= 4 is 28.2 Å². The number of halogens is 2. The van der Waals surface area contributed by atoms with Crippen molar-refractivity contribution in [2.24, 2.45) is 0 Å². The van der Waals surface area contributed by atoms with Crippen LogP contribution in [0.15, 0.2) is 30.5 Å². The minimum Gasteiger partial charge on any atom is -0.494 e. The summed E-state index contributed by atoms with van der Waals surface area (Å²) in [7, 11) is 1.59. The third kappa shape index (κ3) is 3.83. The fourth-order valence-corrected chi connectivity index (χ4v) is 4.33. The molecule has 0 unspecified atom stereocenters. The average Bonchev–Trinajstić information content (AvgIpc) is 3.27. The molecule has 172 valence electrons. The number of alkyl halides is 2. The zero-order valence-corrected chi connectivity index (χ0v) is 18.2. The van der Waals surface area contributed by atoms with Crippen LogP contribution in [0.4, 0.5) is 20.4 Å². The first-order chi connectivity index (χ1) is 15.9.